The predicted molar refractivity (Wildman–Crippen MR) is 55.6 cm³/mol. The van der Waals surface area contributed by atoms with Gasteiger partial charge in [-0.3, -0.25) is 0 Å². The summed E-state index contributed by atoms with van der Waals surface area (Å²) in [6, 6.07) is 0. The molecule has 0 spiro atoms. The second kappa shape index (κ2) is 4.18. The highest BCUT2D eigenvalue weighted by molar-refractivity contribution is 9.10. The van der Waals surface area contributed by atoms with Crippen LogP contribution in [0.15, 0.2) is 17.1 Å². The number of aromatic nitrogens is 2. The molecule has 3 heteroatoms. The van der Waals surface area contributed by atoms with Crippen LogP contribution >= 0.6 is 15.9 Å². The zero-order chi connectivity index (χ0) is 9.10. The van der Waals surface area contributed by atoms with Crippen LogP contribution in [0.4, 0.5) is 0 Å². The Kier molecular flexibility index (Phi) is 2.94. The van der Waals surface area contributed by atoms with E-state index in [-0.39, 0.29) is 0 Å². The smallest absolute Gasteiger partial charge is 0.196 e. The van der Waals surface area contributed by atoms with E-state index in [1.807, 2.05) is 12.4 Å². The molecule has 1 saturated carbocycles. The molecule has 1 fully saturated rings. The minimum absolute atomic E-state index is 0.687. The van der Waals surface area contributed by atoms with Gasteiger partial charge in [0.1, 0.15) is 0 Å². The molecule has 0 unspecified atom stereocenters. The van der Waals surface area contributed by atoms with E-state index >= 15 is 0 Å². The number of nitrogens with zero attached hydrogens (tertiary/aromatic N) is 2. The monoisotopic (exact) mass is 240 g/mol. The van der Waals surface area contributed by atoms with Crippen molar-refractivity contribution in [3.63, 3.8) is 0 Å². The molecule has 0 atom stereocenters. The average Bonchev–Trinajstić information content (AvgIpc) is 2.20. The van der Waals surface area contributed by atoms with Crippen molar-refractivity contribution in [2.45, 2.75) is 38.0 Å². The first kappa shape index (κ1) is 9.13. The van der Waals surface area contributed by atoms with Gasteiger partial charge in [-0.2, -0.15) is 0 Å². The largest absolute Gasteiger partial charge is 0.230 e. The molecule has 1 aromatic heterocycles. The fourth-order valence-corrected chi connectivity index (χ4v) is 2.17. The summed E-state index contributed by atoms with van der Waals surface area (Å²) in [4.78, 5) is 8.32. The molecule has 0 aliphatic heterocycles. The van der Waals surface area contributed by atoms with Gasteiger partial charge in [0.2, 0.25) is 0 Å². The highest BCUT2D eigenvalue weighted by atomic mass is 79.9. The highest BCUT2D eigenvalue weighted by Gasteiger charge is 2.15. The zero-order valence-electron chi connectivity index (χ0n) is 7.54. The lowest BCUT2D eigenvalue weighted by molar-refractivity contribution is 0.442. The van der Waals surface area contributed by atoms with Crippen LogP contribution in [0, 0.1) is 0 Å². The van der Waals surface area contributed by atoms with Crippen molar-refractivity contribution in [1.82, 2.24) is 9.97 Å². The van der Waals surface area contributed by atoms with Crippen LogP contribution in [0.2, 0.25) is 0 Å². The fourth-order valence-electron chi connectivity index (χ4n) is 1.97. The Morgan fingerprint density at radius 2 is 1.69 bits per heavy atom. The number of hydrogen-bond acceptors (Lipinski definition) is 2. The van der Waals surface area contributed by atoms with Crippen LogP contribution < -0.4 is 0 Å². The van der Waals surface area contributed by atoms with Gasteiger partial charge in [-0.15, -0.1) is 0 Å². The molecule has 1 heterocycles. The molecular formula is C10H13BrN2. The first-order valence-corrected chi connectivity index (χ1v) is 5.63. The van der Waals surface area contributed by atoms with Gasteiger partial charge < -0.3 is 0 Å². The van der Waals surface area contributed by atoms with Gasteiger partial charge in [0, 0.05) is 12.4 Å². The van der Waals surface area contributed by atoms with Crippen LogP contribution in [0.1, 0.15) is 43.6 Å². The van der Waals surface area contributed by atoms with Crippen molar-refractivity contribution >= 4 is 15.9 Å². The SMILES string of the molecule is Brc1ncc(C2CCCCC2)cn1. The van der Waals surface area contributed by atoms with Crippen LogP contribution in [0.5, 0.6) is 0 Å². The van der Waals surface area contributed by atoms with Crippen LogP contribution in [-0.4, -0.2) is 9.97 Å². The lowest BCUT2D eigenvalue weighted by atomic mass is 9.85. The third kappa shape index (κ3) is 2.27. The summed E-state index contributed by atoms with van der Waals surface area (Å²) in [5.74, 6) is 0.710. The Morgan fingerprint density at radius 3 is 2.31 bits per heavy atom. The first-order chi connectivity index (χ1) is 6.36. The van der Waals surface area contributed by atoms with E-state index in [1.54, 1.807) is 0 Å². The molecule has 0 aromatic carbocycles. The molecule has 1 aliphatic rings. The van der Waals surface area contributed by atoms with Crippen LogP contribution in [0.3, 0.4) is 0 Å². The molecule has 13 heavy (non-hydrogen) atoms. The van der Waals surface area contributed by atoms with Gasteiger partial charge in [0.25, 0.3) is 0 Å². The summed E-state index contributed by atoms with van der Waals surface area (Å²) in [7, 11) is 0. The van der Waals surface area contributed by atoms with Crippen molar-refractivity contribution in [3.8, 4) is 0 Å². The lowest BCUT2D eigenvalue weighted by Crippen LogP contribution is -2.05. The second-order valence-electron chi connectivity index (χ2n) is 3.62. The summed E-state index contributed by atoms with van der Waals surface area (Å²) < 4.78 is 0.687. The van der Waals surface area contributed by atoms with Gasteiger partial charge in [0.05, 0.1) is 0 Å². The molecule has 0 bridgehead atoms. The minimum atomic E-state index is 0.687. The molecule has 70 valence electrons. The first-order valence-electron chi connectivity index (χ1n) is 4.84. The molecule has 0 N–H and O–H groups in total. The molecular weight excluding hydrogens is 228 g/mol. The molecule has 1 aromatic rings. The van der Waals surface area contributed by atoms with E-state index in [9.17, 15) is 0 Å². The van der Waals surface area contributed by atoms with Crippen LogP contribution in [0.25, 0.3) is 0 Å². The topological polar surface area (TPSA) is 25.8 Å². The Hall–Kier alpha value is -0.440. The molecule has 0 saturated heterocycles. The van der Waals surface area contributed by atoms with E-state index in [1.165, 1.54) is 37.7 Å². The Balaban J connectivity index is 2.10. The Morgan fingerprint density at radius 1 is 1.08 bits per heavy atom. The third-order valence-corrected chi connectivity index (χ3v) is 3.13. The minimum Gasteiger partial charge on any atom is -0.230 e. The fraction of sp³-hybridized carbons (Fsp3) is 0.600. The third-order valence-electron chi connectivity index (χ3n) is 2.72. The van der Waals surface area contributed by atoms with Gasteiger partial charge >= 0.3 is 0 Å². The van der Waals surface area contributed by atoms with E-state index < -0.39 is 0 Å². The van der Waals surface area contributed by atoms with E-state index in [0.717, 1.165) is 0 Å². The van der Waals surface area contributed by atoms with Crippen molar-refractivity contribution in [2.24, 2.45) is 0 Å². The summed E-state index contributed by atoms with van der Waals surface area (Å²) >= 11 is 3.25. The number of rotatable bonds is 1. The standard InChI is InChI=1S/C10H13BrN2/c11-10-12-6-9(7-13-10)8-4-2-1-3-5-8/h6-8H,1-5H2. The van der Waals surface area contributed by atoms with Crippen molar-refractivity contribution in [3.05, 3.63) is 22.7 Å². The van der Waals surface area contributed by atoms with E-state index in [4.69, 9.17) is 0 Å². The Labute approximate surface area is 86.9 Å². The second-order valence-corrected chi connectivity index (χ2v) is 4.33. The average molecular weight is 241 g/mol. The zero-order valence-corrected chi connectivity index (χ0v) is 9.13. The van der Waals surface area contributed by atoms with Gasteiger partial charge in [-0.25, -0.2) is 9.97 Å². The maximum atomic E-state index is 4.16. The summed E-state index contributed by atoms with van der Waals surface area (Å²) in [5, 5.41) is 0. The molecule has 2 rings (SSSR count). The van der Waals surface area contributed by atoms with Gasteiger partial charge in [0.15, 0.2) is 4.73 Å². The predicted octanol–water partition coefficient (Wildman–Crippen LogP) is 3.29. The summed E-state index contributed by atoms with van der Waals surface area (Å²) in [5.41, 5.74) is 1.31. The summed E-state index contributed by atoms with van der Waals surface area (Å²) in [6.07, 6.45) is 10.6. The molecule has 0 radical (unpaired) electrons. The summed E-state index contributed by atoms with van der Waals surface area (Å²) in [6.45, 7) is 0. The molecule has 0 amide bonds. The Bertz CT molecular complexity index is 265. The molecule has 1 aliphatic carbocycles. The number of hydrogen-bond donors (Lipinski definition) is 0. The van der Waals surface area contributed by atoms with Crippen molar-refractivity contribution < 1.29 is 0 Å². The van der Waals surface area contributed by atoms with Crippen molar-refractivity contribution in [1.29, 1.82) is 0 Å². The van der Waals surface area contributed by atoms with Gasteiger partial charge in [-0.05, 0) is 40.3 Å². The van der Waals surface area contributed by atoms with Gasteiger partial charge in [-0.1, -0.05) is 19.3 Å². The molecule has 2 nitrogen and oxygen atoms in total. The number of halogens is 1. The van der Waals surface area contributed by atoms with E-state index in [0.29, 0.717) is 10.7 Å². The van der Waals surface area contributed by atoms with Crippen LogP contribution in [-0.2, 0) is 0 Å². The lowest BCUT2D eigenvalue weighted by Gasteiger charge is -2.20. The highest BCUT2D eigenvalue weighted by Crippen LogP contribution is 2.31. The van der Waals surface area contributed by atoms with E-state index in [2.05, 4.69) is 25.9 Å². The van der Waals surface area contributed by atoms with Crippen molar-refractivity contribution in [2.75, 3.05) is 0 Å². The normalized spacial score (nSPS) is 18.8. The maximum absolute atomic E-state index is 4.16. The maximum Gasteiger partial charge on any atom is 0.196 e. The quantitative estimate of drug-likeness (QED) is 0.705.